The van der Waals surface area contributed by atoms with Crippen molar-refractivity contribution in [3.05, 3.63) is 29.1 Å². The molecule has 0 spiro atoms. The van der Waals surface area contributed by atoms with Gasteiger partial charge < -0.3 is 15.4 Å². The van der Waals surface area contributed by atoms with Crippen LogP contribution in [0.2, 0.25) is 0 Å². The van der Waals surface area contributed by atoms with E-state index in [0.717, 1.165) is 25.7 Å². The van der Waals surface area contributed by atoms with E-state index in [4.69, 9.17) is 4.74 Å². The van der Waals surface area contributed by atoms with E-state index in [1.165, 1.54) is 25.7 Å². The number of unbranched alkanes of at least 4 members (excludes halogenated alkanes) is 5. The van der Waals surface area contributed by atoms with E-state index in [1.54, 1.807) is 12.4 Å². The summed E-state index contributed by atoms with van der Waals surface area (Å²) in [5.74, 6) is -10.4. The van der Waals surface area contributed by atoms with Crippen LogP contribution in [0.4, 0.5) is 32.4 Å². The average molecular weight is 467 g/mol. The maximum Gasteiger partial charge on any atom is 0.319 e. The van der Waals surface area contributed by atoms with Crippen LogP contribution in [0.1, 0.15) is 78.6 Å². The first-order valence-corrected chi connectivity index (χ1v) is 11.2. The molecule has 1 atom stereocenters. The molecule has 1 rings (SSSR count). The Hall–Kier alpha value is -1.90. The van der Waals surface area contributed by atoms with Crippen molar-refractivity contribution in [1.29, 1.82) is 0 Å². The summed E-state index contributed by atoms with van der Waals surface area (Å²) >= 11 is 0. The fraction of sp³-hybridized carbons (Fsp3) is 0.696. The molecule has 0 bridgehead atoms. The van der Waals surface area contributed by atoms with Crippen molar-refractivity contribution in [2.75, 3.05) is 19.0 Å². The van der Waals surface area contributed by atoms with Gasteiger partial charge in [0.2, 0.25) is 5.82 Å². The summed E-state index contributed by atoms with van der Waals surface area (Å²) in [6.45, 7) is 6.37. The third kappa shape index (κ3) is 8.22. The van der Waals surface area contributed by atoms with E-state index in [9.17, 15) is 26.7 Å². The molecule has 1 unspecified atom stereocenters. The Kier molecular flexibility index (Phi) is 12.0. The number of nitrogens with one attached hydrogen (secondary N) is 2. The lowest BCUT2D eigenvalue weighted by atomic mass is 9.82. The number of urea groups is 1. The Morgan fingerprint density at radius 2 is 1.34 bits per heavy atom. The number of carbonyl (C=O) groups is 1. The van der Waals surface area contributed by atoms with Gasteiger partial charge in [0.15, 0.2) is 23.3 Å². The van der Waals surface area contributed by atoms with Crippen LogP contribution < -0.4 is 10.6 Å². The van der Waals surface area contributed by atoms with Crippen molar-refractivity contribution in [2.45, 2.75) is 84.2 Å². The van der Waals surface area contributed by atoms with Gasteiger partial charge in [-0.05, 0) is 39.0 Å². The molecule has 184 valence electrons. The third-order valence-corrected chi connectivity index (χ3v) is 5.88. The minimum Gasteiger partial charge on any atom is -0.379 e. The zero-order valence-corrected chi connectivity index (χ0v) is 19.4. The van der Waals surface area contributed by atoms with Gasteiger partial charge in [-0.1, -0.05) is 45.4 Å². The van der Waals surface area contributed by atoms with Crippen LogP contribution in [0.5, 0.6) is 0 Å². The molecule has 0 aliphatic heterocycles. The first kappa shape index (κ1) is 28.1. The van der Waals surface area contributed by atoms with E-state index in [-0.39, 0.29) is 18.1 Å². The molecule has 0 fully saturated rings. The molecule has 0 radical (unpaired) electrons. The van der Waals surface area contributed by atoms with E-state index in [0.29, 0.717) is 6.42 Å². The smallest absolute Gasteiger partial charge is 0.319 e. The van der Waals surface area contributed by atoms with Crippen molar-refractivity contribution < 1.29 is 31.5 Å². The topological polar surface area (TPSA) is 50.4 Å². The SMILES string of the molecule is CCCCCCCCC(CCCNC(=O)Nc1c(F)c(F)c(F)c(F)c1F)C(C)(C)OC. The number of hydrogen-bond donors (Lipinski definition) is 2. The predicted octanol–water partition coefficient (Wildman–Crippen LogP) is 7.08. The minimum absolute atomic E-state index is 0.175. The number of amides is 2. The van der Waals surface area contributed by atoms with E-state index in [1.807, 2.05) is 13.8 Å². The van der Waals surface area contributed by atoms with Crippen LogP contribution in [0.15, 0.2) is 0 Å². The summed E-state index contributed by atoms with van der Waals surface area (Å²) in [5.41, 5.74) is -1.72. The molecule has 0 aliphatic rings. The van der Waals surface area contributed by atoms with Gasteiger partial charge in [-0.15, -0.1) is 0 Å². The number of ether oxygens (including phenoxy) is 1. The lowest BCUT2D eigenvalue weighted by molar-refractivity contribution is -0.0349. The Balaban J connectivity index is 2.54. The van der Waals surface area contributed by atoms with Crippen LogP contribution in [0.25, 0.3) is 0 Å². The Morgan fingerprint density at radius 1 is 0.844 bits per heavy atom. The number of hydrogen-bond acceptors (Lipinski definition) is 2. The first-order valence-electron chi connectivity index (χ1n) is 11.2. The highest BCUT2D eigenvalue weighted by Gasteiger charge is 2.29. The molecule has 2 N–H and O–H groups in total. The van der Waals surface area contributed by atoms with Crippen LogP contribution in [-0.4, -0.2) is 25.3 Å². The number of rotatable bonds is 14. The number of benzene rings is 1. The van der Waals surface area contributed by atoms with Crippen LogP contribution in [-0.2, 0) is 4.74 Å². The number of halogens is 5. The van der Waals surface area contributed by atoms with Crippen LogP contribution in [0.3, 0.4) is 0 Å². The quantitative estimate of drug-likeness (QED) is 0.133. The third-order valence-electron chi connectivity index (χ3n) is 5.88. The molecular formula is C23H35F5N2O2. The van der Waals surface area contributed by atoms with Gasteiger partial charge in [-0.3, -0.25) is 0 Å². The summed E-state index contributed by atoms with van der Waals surface area (Å²) in [4.78, 5) is 11.9. The molecule has 0 heterocycles. The molecule has 2 amide bonds. The second-order valence-electron chi connectivity index (χ2n) is 8.53. The van der Waals surface area contributed by atoms with Gasteiger partial charge in [0.05, 0.1) is 5.60 Å². The molecule has 1 aromatic rings. The second kappa shape index (κ2) is 13.6. The van der Waals surface area contributed by atoms with E-state index < -0.39 is 40.8 Å². The van der Waals surface area contributed by atoms with Crippen molar-refractivity contribution in [3.63, 3.8) is 0 Å². The molecule has 0 saturated heterocycles. The van der Waals surface area contributed by atoms with Crippen molar-refractivity contribution in [3.8, 4) is 0 Å². The molecule has 1 aromatic carbocycles. The Bertz CT molecular complexity index is 715. The molecular weight excluding hydrogens is 431 g/mol. The summed E-state index contributed by atoms with van der Waals surface area (Å²) < 4.78 is 72.5. The van der Waals surface area contributed by atoms with Crippen molar-refractivity contribution in [2.24, 2.45) is 5.92 Å². The fourth-order valence-electron chi connectivity index (χ4n) is 3.60. The van der Waals surface area contributed by atoms with Gasteiger partial charge in [-0.2, -0.15) is 0 Å². The first-order chi connectivity index (χ1) is 15.1. The molecule has 4 nitrogen and oxygen atoms in total. The standard InChI is InChI=1S/C23H35F5N2O2/c1-5-6-7-8-9-10-12-15(23(2,3)32-4)13-11-14-29-22(31)30-21-19(27)17(25)16(24)18(26)20(21)28/h15H,5-14H2,1-4H3,(H2,29,30,31). The normalized spacial score (nSPS) is 12.7. The van der Waals surface area contributed by atoms with Gasteiger partial charge in [0.1, 0.15) is 5.69 Å². The average Bonchev–Trinajstić information content (AvgIpc) is 2.77. The van der Waals surface area contributed by atoms with Gasteiger partial charge in [0, 0.05) is 13.7 Å². The van der Waals surface area contributed by atoms with Crippen molar-refractivity contribution in [1.82, 2.24) is 5.32 Å². The molecule has 0 saturated carbocycles. The van der Waals surface area contributed by atoms with Crippen molar-refractivity contribution >= 4 is 11.7 Å². The molecule has 9 heteroatoms. The number of methoxy groups -OCH3 is 1. The minimum atomic E-state index is -2.27. The number of anilines is 1. The van der Waals surface area contributed by atoms with Crippen LogP contribution >= 0.6 is 0 Å². The number of carbonyl (C=O) groups excluding carboxylic acids is 1. The largest absolute Gasteiger partial charge is 0.379 e. The van der Waals surface area contributed by atoms with Crippen LogP contribution in [0, 0.1) is 35.0 Å². The summed E-state index contributed by atoms with van der Waals surface area (Å²) in [6, 6.07) is -1.05. The van der Waals surface area contributed by atoms with Gasteiger partial charge in [0.25, 0.3) is 0 Å². The monoisotopic (exact) mass is 466 g/mol. The maximum absolute atomic E-state index is 13.7. The highest BCUT2D eigenvalue weighted by Crippen LogP contribution is 2.30. The predicted molar refractivity (Wildman–Crippen MR) is 115 cm³/mol. The lowest BCUT2D eigenvalue weighted by Gasteiger charge is -2.33. The van der Waals surface area contributed by atoms with Gasteiger partial charge >= 0.3 is 6.03 Å². The second-order valence-corrected chi connectivity index (χ2v) is 8.53. The highest BCUT2D eigenvalue weighted by atomic mass is 19.2. The molecule has 32 heavy (non-hydrogen) atoms. The summed E-state index contributed by atoms with van der Waals surface area (Å²) in [6.07, 6.45) is 9.40. The highest BCUT2D eigenvalue weighted by molar-refractivity contribution is 5.89. The Labute approximate surface area is 187 Å². The molecule has 0 aromatic heterocycles. The maximum atomic E-state index is 13.7. The zero-order valence-electron chi connectivity index (χ0n) is 19.4. The summed E-state index contributed by atoms with van der Waals surface area (Å²) in [7, 11) is 1.66. The Morgan fingerprint density at radius 3 is 1.91 bits per heavy atom. The summed E-state index contributed by atoms with van der Waals surface area (Å²) in [5, 5.41) is 4.10. The fourth-order valence-corrected chi connectivity index (χ4v) is 3.60. The van der Waals surface area contributed by atoms with E-state index >= 15 is 0 Å². The van der Waals surface area contributed by atoms with Gasteiger partial charge in [-0.25, -0.2) is 26.7 Å². The van der Waals surface area contributed by atoms with E-state index in [2.05, 4.69) is 12.2 Å². The lowest BCUT2D eigenvalue weighted by Crippen LogP contribution is -2.35. The molecule has 0 aliphatic carbocycles. The zero-order chi connectivity index (χ0) is 24.3.